The smallest absolute Gasteiger partial charge is 0.228 e. The fourth-order valence-electron chi connectivity index (χ4n) is 4.96. The first-order valence-corrected chi connectivity index (χ1v) is 6.55. The second-order valence-electron chi connectivity index (χ2n) is 6.49. The first kappa shape index (κ1) is 8.60. The van der Waals surface area contributed by atoms with Gasteiger partial charge in [0.15, 0.2) is 0 Å². The Morgan fingerprint density at radius 2 is 1.40 bits per heavy atom. The van der Waals surface area contributed by atoms with Crippen LogP contribution in [-0.4, -0.2) is 23.9 Å². The van der Waals surface area contributed by atoms with Crippen LogP contribution in [0.5, 0.6) is 0 Å². The molecule has 0 unspecified atom stereocenters. The normalized spacial score (nSPS) is 50.9. The van der Waals surface area contributed by atoms with Crippen LogP contribution in [0.1, 0.15) is 38.5 Å². The number of carbonyl (C=O) groups excluding carboxylic acids is 1. The van der Waals surface area contributed by atoms with Gasteiger partial charge in [0.1, 0.15) is 0 Å². The van der Waals surface area contributed by atoms with Crippen molar-refractivity contribution in [1.82, 2.24) is 4.90 Å². The molecule has 82 valence electrons. The SMILES string of the molecule is O=C(N1CC1)C12CC3CC(CC(C3)C1)C2. The molecule has 1 saturated heterocycles. The zero-order valence-corrected chi connectivity index (χ0v) is 9.24. The maximum absolute atomic E-state index is 12.4. The molecule has 1 amide bonds. The molecule has 2 heteroatoms. The largest absolute Gasteiger partial charge is 0.339 e. The average Bonchev–Trinajstić information content (AvgIpc) is 2.97. The molecule has 0 aromatic rings. The molecule has 1 heterocycles. The van der Waals surface area contributed by atoms with Crippen LogP contribution < -0.4 is 0 Å². The van der Waals surface area contributed by atoms with Crippen LogP contribution in [-0.2, 0) is 4.79 Å². The summed E-state index contributed by atoms with van der Waals surface area (Å²) >= 11 is 0. The Morgan fingerprint density at radius 1 is 0.933 bits per heavy atom. The molecular formula is C13H19NO. The second kappa shape index (κ2) is 2.58. The van der Waals surface area contributed by atoms with Crippen LogP contribution in [0.2, 0.25) is 0 Å². The lowest BCUT2D eigenvalue weighted by molar-refractivity contribution is -0.151. The van der Waals surface area contributed by atoms with E-state index in [0.29, 0.717) is 5.91 Å². The summed E-state index contributed by atoms with van der Waals surface area (Å²) in [5.74, 6) is 3.24. The van der Waals surface area contributed by atoms with Crippen molar-refractivity contribution in [3.63, 3.8) is 0 Å². The van der Waals surface area contributed by atoms with E-state index in [4.69, 9.17) is 0 Å². The first-order chi connectivity index (χ1) is 7.25. The lowest BCUT2D eigenvalue weighted by Crippen LogP contribution is -2.51. The van der Waals surface area contributed by atoms with Gasteiger partial charge in [-0.1, -0.05) is 0 Å². The molecule has 0 aromatic heterocycles. The lowest BCUT2D eigenvalue weighted by atomic mass is 9.49. The highest BCUT2D eigenvalue weighted by Gasteiger charge is 2.56. The topological polar surface area (TPSA) is 20.1 Å². The van der Waals surface area contributed by atoms with Crippen LogP contribution >= 0.6 is 0 Å². The number of rotatable bonds is 1. The van der Waals surface area contributed by atoms with Gasteiger partial charge in [-0.15, -0.1) is 0 Å². The van der Waals surface area contributed by atoms with Gasteiger partial charge in [-0.3, -0.25) is 4.79 Å². The number of hydrogen-bond donors (Lipinski definition) is 0. The molecule has 1 aliphatic heterocycles. The Hall–Kier alpha value is -0.530. The summed E-state index contributed by atoms with van der Waals surface area (Å²) in [4.78, 5) is 14.5. The highest BCUT2D eigenvalue weighted by atomic mass is 16.2. The zero-order valence-electron chi connectivity index (χ0n) is 9.24. The van der Waals surface area contributed by atoms with Crippen molar-refractivity contribution < 1.29 is 4.79 Å². The van der Waals surface area contributed by atoms with E-state index in [1.165, 1.54) is 38.5 Å². The van der Waals surface area contributed by atoms with Crippen molar-refractivity contribution in [2.75, 3.05) is 13.1 Å². The van der Waals surface area contributed by atoms with E-state index in [-0.39, 0.29) is 5.41 Å². The van der Waals surface area contributed by atoms with E-state index in [2.05, 4.69) is 4.90 Å². The Labute approximate surface area is 91.0 Å². The van der Waals surface area contributed by atoms with Gasteiger partial charge in [0.25, 0.3) is 0 Å². The Balaban J connectivity index is 1.67. The van der Waals surface area contributed by atoms with E-state index >= 15 is 0 Å². The second-order valence-corrected chi connectivity index (χ2v) is 6.49. The molecular weight excluding hydrogens is 186 g/mol. The summed E-state index contributed by atoms with van der Waals surface area (Å²) < 4.78 is 0. The van der Waals surface area contributed by atoms with Crippen molar-refractivity contribution in [1.29, 1.82) is 0 Å². The third-order valence-electron chi connectivity index (χ3n) is 5.23. The molecule has 15 heavy (non-hydrogen) atoms. The van der Waals surface area contributed by atoms with E-state index in [9.17, 15) is 4.79 Å². The van der Waals surface area contributed by atoms with Gasteiger partial charge >= 0.3 is 0 Å². The highest BCUT2D eigenvalue weighted by Crippen LogP contribution is 2.60. The highest BCUT2D eigenvalue weighted by molar-refractivity contribution is 5.85. The van der Waals surface area contributed by atoms with Crippen molar-refractivity contribution in [3.8, 4) is 0 Å². The molecule has 0 aromatic carbocycles. The van der Waals surface area contributed by atoms with E-state index in [0.717, 1.165) is 30.8 Å². The molecule has 0 N–H and O–H groups in total. The summed E-state index contributed by atoms with van der Waals surface area (Å²) in [6.45, 7) is 2.08. The Bertz CT molecular complexity index is 283. The lowest BCUT2D eigenvalue weighted by Gasteiger charge is -2.55. The van der Waals surface area contributed by atoms with Crippen LogP contribution in [0.4, 0.5) is 0 Å². The summed E-state index contributed by atoms with van der Waals surface area (Å²) in [5, 5.41) is 0. The van der Waals surface area contributed by atoms with E-state index in [1.54, 1.807) is 0 Å². The monoisotopic (exact) mass is 205 g/mol. The van der Waals surface area contributed by atoms with Crippen molar-refractivity contribution in [3.05, 3.63) is 0 Å². The molecule has 2 nitrogen and oxygen atoms in total. The van der Waals surface area contributed by atoms with Gasteiger partial charge in [-0.25, -0.2) is 0 Å². The maximum atomic E-state index is 12.4. The number of amides is 1. The molecule has 4 aliphatic carbocycles. The number of nitrogens with zero attached hydrogens (tertiary/aromatic N) is 1. The molecule has 0 atom stereocenters. The number of carbonyl (C=O) groups is 1. The van der Waals surface area contributed by atoms with Crippen molar-refractivity contribution in [2.45, 2.75) is 38.5 Å². The molecule has 5 aliphatic rings. The minimum absolute atomic E-state index is 0.130. The molecule has 5 rings (SSSR count). The standard InChI is InChI=1S/C13H19NO/c15-12(14-1-2-14)13-6-9-3-10(7-13)5-11(4-9)8-13/h9-11H,1-8H2. The van der Waals surface area contributed by atoms with E-state index in [1.807, 2.05) is 0 Å². The third-order valence-corrected chi connectivity index (χ3v) is 5.23. The van der Waals surface area contributed by atoms with Crippen LogP contribution in [0, 0.1) is 23.2 Å². The van der Waals surface area contributed by atoms with Gasteiger partial charge in [-0.2, -0.15) is 0 Å². The quantitative estimate of drug-likeness (QED) is 0.600. The molecule has 4 saturated carbocycles. The van der Waals surface area contributed by atoms with Gasteiger partial charge in [-0.05, 0) is 56.3 Å². The van der Waals surface area contributed by atoms with Crippen LogP contribution in [0.15, 0.2) is 0 Å². The predicted octanol–water partition coefficient (Wildman–Crippen LogP) is 2.04. The zero-order chi connectivity index (χ0) is 10.0. The Morgan fingerprint density at radius 3 is 1.80 bits per heavy atom. The Kier molecular flexibility index (Phi) is 1.48. The van der Waals surface area contributed by atoms with Crippen LogP contribution in [0.25, 0.3) is 0 Å². The van der Waals surface area contributed by atoms with Gasteiger partial charge < -0.3 is 4.90 Å². The van der Waals surface area contributed by atoms with Gasteiger partial charge in [0.05, 0.1) is 5.41 Å². The third kappa shape index (κ3) is 1.14. The fourth-order valence-corrected chi connectivity index (χ4v) is 4.96. The minimum Gasteiger partial charge on any atom is -0.339 e. The number of hydrogen-bond acceptors (Lipinski definition) is 1. The fraction of sp³-hybridized carbons (Fsp3) is 0.923. The molecule has 5 fully saturated rings. The first-order valence-electron chi connectivity index (χ1n) is 6.55. The summed E-state index contributed by atoms with van der Waals surface area (Å²) in [7, 11) is 0. The summed E-state index contributed by atoms with van der Waals surface area (Å²) in [6, 6.07) is 0. The van der Waals surface area contributed by atoms with Crippen molar-refractivity contribution >= 4 is 5.91 Å². The van der Waals surface area contributed by atoms with Crippen molar-refractivity contribution in [2.24, 2.45) is 23.2 Å². The predicted molar refractivity (Wildman–Crippen MR) is 57.2 cm³/mol. The summed E-state index contributed by atoms with van der Waals surface area (Å²) in [6.07, 6.45) is 8.00. The minimum atomic E-state index is 0.130. The van der Waals surface area contributed by atoms with Crippen LogP contribution in [0.3, 0.4) is 0 Å². The molecule has 0 spiro atoms. The molecule has 4 bridgehead atoms. The maximum Gasteiger partial charge on any atom is 0.228 e. The van der Waals surface area contributed by atoms with Gasteiger partial charge in [0.2, 0.25) is 5.91 Å². The summed E-state index contributed by atoms with van der Waals surface area (Å²) in [5.41, 5.74) is 0.130. The van der Waals surface area contributed by atoms with Gasteiger partial charge in [0, 0.05) is 13.1 Å². The van der Waals surface area contributed by atoms with E-state index < -0.39 is 0 Å². The average molecular weight is 205 g/mol. The molecule has 0 radical (unpaired) electrons.